The minimum Gasteiger partial charge on any atom is -0.318 e. The SMILES string of the molecule is CC(C)(C)c1ccc([S+]2c3ccccc3NC(=O)c3ccccc32)cc1. The summed E-state index contributed by atoms with van der Waals surface area (Å²) in [5.74, 6) is -0.0330. The van der Waals surface area contributed by atoms with Crippen molar-refractivity contribution in [1.29, 1.82) is 0 Å². The van der Waals surface area contributed by atoms with E-state index < -0.39 is 0 Å². The van der Waals surface area contributed by atoms with Gasteiger partial charge in [-0.05, 0) is 47.4 Å². The molecule has 130 valence electrons. The number of anilines is 1. The van der Waals surface area contributed by atoms with E-state index in [1.165, 1.54) is 10.5 Å². The summed E-state index contributed by atoms with van der Waals surface area (Å²) in [6, 6.07) is 24.9. The van der Waals surface area contributed by atoms with Crippen molar-refractivity contribution in [3.05, 3.63) is 83.9 Å². The lowest BCUT2D eigenvalue weighted by atomic mass is 9.87. The number of carbonyl (C=O) groups is 1. The van der Waals surface area contributed by atoms with Crippen LogP contribution >= 0.6 is 0 Å². The number of carbonyl (C=O) groups excluding carboxylic acids is 1. The van der Waals surface area contributed by atoms with Crippen LogP contribution in [0.2, 0.25) is 0 Å². The molecule has 1 aliphatic heterocycles. The van der Waals surface area contributed by atoms with Crippen LogP contribution in [0.15, 0.2) is 87.5 Å². The Hall–Kier alpha value is -2.52. The minimum absolute atomic E-state index is 0.0330. The molecule has 0 aliphatic carbocycles. The first kappa shape index (κ1) is 16.9. The first-order valence-electron chi connectivity index (χ1n) is 8.79. The number of fused-ring (bicyclic) bond motifs is 2. The summed E-state index contributed by atoms with van der Waals surface area (Å²) in [5, 5.41) is 3.08. The number of para-hydroxylation sites is 1. The average molecular weight is 361 g/mol. The lowest BCUT2D eigenvalue weighted by Gasteiger charge is -2.19. The second-order valence-electron chi connectivity index (χ2n) is 7.53. The smallest absolute Gasteiger partial charge is 0.260 e. The van der Waals surface area contributed by atoms with E-state index in [2.05, 4.69) is 62.5 Å². The lowest BCUT2D eigenvalue weighted by Crippen LogP contribution is -2.12. The molecule has 3 heteroatoms. The first-order chi connectivity index (χ1) is 12.4. The summed E-state index contributed by atoms with van der Waals surface area (Å²) < 4.78 is 0. The molecule has 0 bridgehead atoms. The van der Waals surface area contributed by atoms with Gasteiger partial charge in [-0.25, -0.2) is 0 Å². The molecular weight excluding hydrogens is 338 g/mol. The Morgan fingerprint density at radius 1 is 0.769 bits per heavy atom. The van der Waals surface area contributed by atoms with E-state index in [0.717, 1.165) is 21.0 Å². The van der Waals surface area contributed by atoms with E-state index in [1.54, 1.807) is 0 Å². The third-order valence-corrected chi connectivity index (χ3v) is 7.00. The summed E-state index contributed by atoms with van der Waals surface area (Å²) in [7, 11) is -0.314. The van der Waals surface area contributed by atoms with Gasteiger partial charge in [0.1, 0.15) is 10.9 Å². The van der Waals surface area contributed by atoms with Crippen molar-refractivity contribution in [2.45, 2.75) is 40.9 Å². The van der Waals surface area contributed by atoms with Gasteiger partial charge in [-0.3, -0.25) is 4.79 Å². The number of rotatable bonds is 1. The van der Waals surface area contributed by atoms with Crippen LogP contribution in [0.25, 0.3) is 0 Å². The third-order valence-electron chi connectivity index (χ3n) is 4.66. The van der Waals surface area contributed by atoms with Crippen LogP contribution in [0, 0.1) is 0 Å². The molecule has 4 rings (SSSR count). The molecule has 0 saturated carbocycles. The Morgan fingerprint density at radius 2 is 1.38 bits per heavy atom. The van der Waals surface area contributed by atoms with Crippen LogP contribution in [0.3, 0.4) is 0 Å². The van der Waals surface area contributed by atoms with E-state index >= 15 is 0 Å². The molecule has 1 heterocycles. The number of amides is 1. The van der Waals surface area contributed by atoms with Crippen molar-refractivity contribution < 1.29 is 4.79 Å². The Kier molecular flexibility index (Phi) is 4.12. The monoisotopic (exact) mass is 360 g/mol. The molecule has 3 aromatic carbocycles. The average Bonchev–Trinajstić information content (AvgIpc) is 2.75. The van der Waals surface area contributed by atoms with Crippen molar-refractivity contribution in [2.75, 3.05) is 5.32 Å². The fourth-order valence-electron chi connectivity index (χ4n) is 3.23. The van der Waals surface area contributed by atoms with Crippen LogP contribution < -0.4 is 5.32 Å². The zero-order chi connectivity index (χ0) is 18.3. The van der Waals surface area contributed by atoms with Crippen molar-refractivity contribution >= 4 is 22.5 Å². The molecule has 0 radical (unpaired) electrons. The molecule has 1 amide bonds. The van der Waals surface area contributed by atoms with Crippen molar-refractivity contribution in [1.82, 2.24) is 0 Å². The van der Waals surface area contributed by atoms with Crippen LogP contribution in [0.1, 0.15) is 36.7 Å². The fraction of sp³-hybridized carbons (Fsp3) is 0.174. The highest BCUT2D eigenvalue weighted by Crippen LogP contribution is 2.40. The quantitative estimate of drug-likeness (QED) is 0.559. The van der Waals surface area contributed by atoms with E-state index in [1.807, 2.05) is 36.4 Å². The van der Waals surface area contributed by atoms with E-state index in [0.29, 0.717) is 0 Å². The van der Waals surface area contributed by atoms with Gasteiger partial charge in [-0.2, -0.15) is 0 Å². The van der Waals surface area contributed by atoms with Crippen LogP contribution in [-0.2, 0) is 16.3 Å². The van der Waals surface area contributed by atoms with E-state index in [-0.39, 0.29) is 22.2 Å². The van der Waals surface area contributed by atoms with Crippen LogP contribution in [0.4, 0.5) is 5.69 Å². The molecule has 1 unspecified atom stereocenters. The summed E-state index contributed by atoms with van der Waals surface area (Å²) in [5.41, 5.74) is 3.10. The van der Waals surface area contributed by atoms with Gasteiger partial charge >= 0.3 is 0 Å². The Labute approximate surface area is 157 Å². The summed E-state index contributed by atoms with van der Waals surface area (Å²) >= 11 is 0. The van der Waals surface area contributed by atoms with E-state index in [4.69, 9.17) is 0 Å². The number of benzene rings is 3. The van der Waals surface area contributed by atoms with Crippen LogP contribution in [-0.4, -0.2) is 5.91 Å². The predicted molar refractivity (Wildman–Crippen MR) is 108 cm³/mol. The zero-order valence-corrected chi connectivity index (χ0v) is 16.1. The molecule has 26 heavy (non-hydrogen) atoms. The van der Waals surface area contributed by atoms with Gasteiger partial charge in [0.15, 0.2) is 14.7 Å². The topological polar surface area (TPSA) is 29.1 Å². The Bertz CT molecular complexity index is 970. The van der Waals surface area contributed by atoms with Gasteiger partial charge in [0.05, 0.1) is 11.3 Å². The highest BCUT2D eigenvalue weighted by molar-refractivity contribution is 7.97. The summed E-state index contributed by atoms with van der Waals surface area (Å²) in [6.07, 6.45) is 0. The van der Waals surface area contributed by atoms with Gasteiger partial charge < -0.3 is 5.32 Å². The number of hydrogen-bond donors (Lipinski definition) is 1. The van der Waals surface area contributed by atoms with Gasteiger partial charge in [0, 0.05) is 0 Å². The molecule has 1 aliphatic rings. The maximum Gasteiger partial charge on any atom is 0.260 e. The van der Waals surface area contributed by atoms with Gasteiger partial charge in [0.2, 0.25) is 0 Å². The normalized spacial score (nSPS) is 16.3. The molecule has 2 nitrogen and oxygen atoms in total. The molecular formula is C23H22NOS+. The highest BCUT2D eigenvalue weighted by atomic mass is 32.2. The zero-order valence-electron chi connectivity index (χ0n) is 15.2. The molecule has 3 aromatic rings. The minimum atomic E-state index is -0.314. The maximum absolute atomic E-state index is 12.7. The summed E-state index contributed by atoms with van der Waals surface area (Å²) in [4.78, 5) is 16.2. The number of nitrogens with one attached hydrogen (secondary N) is 1. The highest BCUT2D eigenvalue weighted by Gasteiger charge is 2.38. The summed E-state index contributed by atoms with van der Waals surface area (Å²) in [6.45, 7) is 6.68. The largest absolute Gasteiger partial charge is 0.318 e. The van der Waals surface area contributed by atoms with E-state index in [9.17, 15) is 4.79 Å². The van der Waals surface area contributed by atoms with Gasteiger partial charge in [0.25, 0.3) is 5.91 Å². The van der Waals surface area contributed by atoms with Gasteiger partial charge in [-0.1, -0.05) is 57.2 Å². The van der Waals surface area contributed by atoms with Crippen molar-refractivity contribution in [3.63, 3.8) is 0 Å². The van der Waals surface area contributed by atoms with Crippen LogP contribution in [0.5, 0.6) is 0 Å². The number of hydrogen-bond acceptors (Lipinski definition) is 1. The maximum atomic E-state index is 12.7. The second-order valence-corrected chi connectivity index (χ2v) is 9.49. The second kappa shape index (κ2) is 6.33. The lowest BCUT2D eigenvalue weighted by molar-refractivity contribution is 0.102. The Morgan fingerprint density at radius 3 is 2.08 bits per heavy atom. The fourth-order valence-corrected chi connectivity index (χ4v) is 5.54. The molecule has 1 N–H and O–H groups in total. The van der Waals surface area contributed by atoms with Crippen molar-refractivity contribution in [2.24, 2.45) is 0 Å². The molecule has 0 fully saturated rings. The molecule has 0 spiro atoms. The molecule has 0 saturated heterocycles. The van der Waals surface area contributed by atoms with Crippen molar-refractivity contribution in [3.8, 4) is 0 Å². The van der Waals surface area contributed by atoms with Gasteiger partial charge in [-0.15, -0.1) is 0 Å². The molecule has 0 aromatic heterocycles. The standard InChI is InChI=1S/C23H21NOS/c1-23(2,3)16-12-14-17(15-13-16)26-20-10-6-4-8-18(20)22(25)24-19-9-5-7-11-21(19)26/h4-15H,1-3H3/p+1. The Balaban J connectivity index is 1.92. The first-order valence-corrected chi connectivity index (χ1v) is 10.0. The molecule has 1 atom stereocenters. The third kappa shape index (κ3) is 2.93. The predicted octanol–water partition coefficient (Wildman–Crippen LogP) is 5.65.